The SMILES string of the molecule is O=C(O)c1cc(=O)c(Cc2ccccc2)cn1-c1ccc(O)c(O)c1. The zero-order valence-electron chi connectivity index (χ0n) is 13.1. The fraction of sp³-hybridized carbons (Fsp3) is 0.0526. The molecule has 1 heterocycles. The molecule has 0 amide bonds. The van der Waals surface area contributed by atoms with Crippen LogP contribution in [-0.2, 0) is 6.42 Å². The Morgan fingerprint density at radius 2 is 1.68 bits per heavy atom. The standard InChI is InChI=1S/C19H15NO5/c21-16-7-6-14(9-18(16)23)20-11-13(8-12-4-2-1-3-5-12)17(22)10-15(20)19(24)25/h1-7,9-11,21,23H,8H2,(H,24,25). The molecule has 0 atom stereocenters. The minimum Gasteiger partial charge on any atom is -0.504 e. The molecule has 0 fully saturated rings. The summed E-state index contributed by atoms with van der Waals surface area (Å²) in [6.07, 6.45) is 1.80. The van der Waals surface area contributed by atoms with Crippen molar-refractivity contribution in [2.45, 2.75) is 6.42 Å². The van der Waals surface area contributed by atoms with Crippen LogP contribution in [0.25, 0.3) is 5.69 Å². The Labute approximate surface area is 142 Å². The van der Waals surface area contributed by atoms with Crippen LogP contribution < -0.4 is 5.43 Å². The monoisotopic (exact) mass is 337 g/mol. The van der Waals surface area contributed by atoms with Gasteiger partial charge in [-0.05, 0) is 17.7 Å². The predicted octanol–water partition coefficient (Wildman–Crippen LogP) is 2.54. The highest BCUT2D eigenvalue weighted by atomic mass is 16.4. The van der Waals surface area contributed by atoms with Crippen molar-refractivity contribution in [2.24, 2.45) is 0 Å². The first-order chi connectivity index (χ1) is 12.0. The number of hydrogen-bond donors (Lipinski definition) is 3. The minimum atomic E-state index is -1.27. The van der Waals surface area contributed by atoms with Crippen LogP contribution in [-0.4, -0.2) is 25.9 Å². The van der Waals surface area contributed by atoms with Gasteiger partial charge in [0, 0.05) is 36.0 Å². The van der Waals surface area contributed by atoms with Gasteiger partial charge in [-0.3, -0.25) is 4.79 Å². The molecule has 2 aromatic carbocycles. The van der Waals surface area contributed by atoms with Gasteiger partial charge in [0.05, 0.1) is 0 Å². The zero-order valence-corrected chi connectivity index (χ0v) is 13.1. The molecular formula is C19H15NO5. The van der Waals surface area contributed by atoms with Crippen LogP contribution in [0.4, 0.5) is 0 Å². The lowest BCUT2D eigenvalue weighted by Gasteiger charge is -2.13. The third-order valence-electron chi connectivity index (χ3n) is 3.82. The summed E-state index contributed by atoms with van der Waals surface area (Å²) in [6, 6.07) is 14.3. The van der Waals surface area contributed by atoms with E-state index in [0.717, 1.165) is 11.6 Å². The lowest BCUT2D eigenvalue weighted by Crippen LogP contribution is -2.19. The van der Waals surface area contributed by atoms with E-state index in [4.69, 9.17) is 0 Å². The number of aromatic hydroxyl groups is 2. The molecule has 6 heteroatoms. The molecule has 3 aromatic rings. The molecule has 0 spiro atoms. The van der Waals surface area contributed by atoms with Gasteiger partial charge in [0.1, 0.15) is 5.69 Å². The minimum absolute atomic E-state index is 0.230. The summed E-state index contributed by atoms with van der Waals surface area (Å²) in [5.74, 6) is -1.96. The molecule has 0 bridgehead atoms. The van der Waals surface area contributed by atoms with Crippen molar-refractivity contribution in [2.75, 3.05) is 0 Å². The zero-order chi connectivity index (χ0) is 18.0. The van der Waals surface area contributed by atoms with Gasteiger partial charge in [-0.15, -0.1) is 0 Å². The third-order valence-corrected chi connectivity index (χ3v) is 3.82. The Morgan fingerprint density at radius 1 is 0.960 bits per heavy atom. The molecule has 0 aliphatic heterocycles. The molecule has 0 radical (unpaired) electrons. The molecule has 0 unspecified atom stereocenters. The number of carboxylic acid groups (broad SMARTS) is 1. The van der Waals surface area contributed by atoms with Crippen molar-refractivity contribution in [3.05, 3.63) is 87.8 Å². The van der Waals surface area contributed by atoms with Crippen molar-refractivity contribution in [1.29, 1.82) is 0 Å². The Balaban J connectivity index is 2.15. The van der Waals surface area contributed by atoms with Crippen molar-refractivity contribution in [3.8, 4) is 17.2 Å². The van der Waals surface area contributed by atoms with E-state index in [-0.39, 0.29) is 22.6 Å². The van der Waals surface area contributed by atoms with Crippen LogP contribution in [0.3, 0.4) is 0 Å². The molecule has 25 heavy (non-hydrogen) atoms. The van der Waals surface area contributed by atoms with Gasteiger partial charge in [0.2, 0.25) is 0 Å². The van der Waals surface area contributed by atoms with Gasteiger partial charge in [-0.25, -0.2) is 4.79 Å². The number of hydrogen-bond acceptors (Lipinski definition) is 4. The Bertz CT molecular complexity index is 992. The first kappa shape index (κ1) is 16.3. The molecule has 6 nitrogen and oxygen atoms in total. The number of aromatic nitrogens is 1. The summed E-state index contributed by atoms with van der Waals surface area (Å²) in [5, 5.41) is 28.5. The average molecular weight is 337 g/mol. The van der Waals surface area contributed by atoms with Crippen LogP contribution in [0.5, 0.6) is 11.5 Å². The number of pyridine rings is 1. The van der Waals surface area contributed by atoms with E-state index in [1.54, 1.807) is 0 Å². The normalized spacial score (nSPS) is 10.6. The molecule has 1 aromatic heterocycles. The summed E-state index contributed by atoms with van der Waals surface area (Å²) >= 11 is 0. The molecule has 0 aliphatic carbocycles. The van der Waals surface area contributed by atoms with E-state index in [1.807, 2.05) is 30.3 Å². The molecule has 0 saturated carbocycles. The summed E-state index contributed by atoms with van der Waals surface area (Å²) in [6.45, 7) is 0. The van der Waals surface area contributed by atoms with Gasteiger partial charge >= 0.3 is 5.97 Å². The Hall–Kier alpha value is -3.54. The van der Waals surface area contributed by atoms with Crippen molar-refractivity contribution in [1.82, 2.24) is 4.57 Å². The maximum Gasteiger partial charge on any atom is 0.353 e. The van der Waals surface area contributed by atoms with Crippen LogP contribution in [0.2, 0.25) is 0 Å². The van der Waals surface area contributed by atoms with E-state index < -0.39 is 5.97 Å². The highest BCUT2D eigenvalue weighted by Crippen LogP contribution is 2.27. The third kappa shape index (κ3) is 3.37. The molecule has 3 rings (SSSR count). The number of nitrogens with zero attached hydrogens (tertiary/aromatic N) is 1. The second-order valence-electron chi connectivity index (χ2n) is 5.56. The van der Waals surface area contributed by atoms with E-state index >= 15 is 0 Å². The molecule has 0 aliphatic rings. The number of phenols is 2. The van der Waals surface area contributed by atoms with Crippen LogP contribution >= 0.6 is 0 Å². The second-order valence-corrected chi connectivity index (χ2v) is 5.56. The van der Waals surface area contributed by atoms with Crippen LogP contribution in [0, 0.1) is 0 Å². The molecule has 3 N–H and O–H groups in total. The maximum absolute atomic E-state index is 12.3. The van der Waals surface area contributed by atoms with Crippen LogP contribution in [0.15, 0.2) is 65.6 Å². The van der Waals surface area contributed by atoms with Crippen molar-refractivity contribution < 1.29 is 20.1 Å². The Kier molecular flexibility index (Phi) is 4.26. The summed E-state index contributed by atoms with van der Waals surface area (Å²) in [4.78, 5) is 23.8. The first-order valence-electron chi connectivity index (χ1n) is 7.51. The summed E-state index contributed by atoms with van der Waals surface area (Å²) < 4.78 is 1.31. The molecule has 0 saturated heterocycles. The number of benzene rings is 2. The van der Waals surface area contributed by atoms with Gasteiger partial charge in [0.25, 0.3) is 0 Å². The average Bonchev–Trinajstić information content (AvgIpc) is 2.59. The fourth-order valence-corrected chi connectivity index (χ4v) is 2.56. The van der Waals surface area contributed by atoms with Gasteiger partial charge < -0.3 is 19.9 Å². The van der Waals surface area contributed by atoms with E-state index in [9.17, 15) is 24.9 Å². The maximum atomic E-state index is 12.3. The van der Waals surface area contributed by atoms with E-state index in [0.29, 0.717) is 17.7 Å². The lowest BCUT2D eigenvalue weighted by molar-refractivity contribution is 0.0687. The summed E-state index contributed by atoms with van der Waals surface area (Å²) in [7, 11) is 0. The summed E-state index contributed by atoms with van der Waals surface area (Å²) in [5.41, 5.74) is 1.06. The number of phenolic OH excluding ortho intramolecular Hbond substituents is 2. The second kappa shape index (κ2) is 6.52. The van der Waals surface area contributed by atoms with E-state index in [1.165, 1.54) is 29.0 Å². The Morgan fingerprint density at radius 3 is 2.32 bits per heavy atom. The molecular weight excluding hydrogens is 322 g/mol. The van der Waals surface area contributed by atoms with Crippen molar-refractivity contribution >= 4 is 5.97 Å². The number of carboxylic acids is 1. The predicted molar refractivity (Wildman–Crippen MR) is 91.6 cm³/mol. The number of carbonyl (C=O) groups is 1. The smallest absolute Gasteiger partial charge is 0.353 e. The highest BCUT2D eigenvalue weighted by molar-refractivity contribution is 5.86. The quantitative estimate of drug-likeness (QED) is 0.635. The number of aromatic carboxylic acids is 1. The molecule has 126 valence electrons. The van der Waals surface area contributed by atoms with E-state index in [2.05, 4.69) is 0 Å². The van der Waals surface area contributed by atoms with Crippen LogP contribution in [0.1, 0.15) is 21.6 Å². The first-order valence-corrected chi connectivity index (χ1v) is 7.51. The highest BCUT2D eigenvalue weighted by Gasteiger charge is 2.15. The largest absolute Gasteiger partial charge is 0.504 e. The van der Waals surface area contributed by atoms with Gasteiger partial charge in [-0.1, -0.05) is 30.3 Å². The van der Waals surface area contributed by atoms with Crippen molar-refractivity contribution in [3.63, 3.8) is 0 Å². The topological polar surface area (TPSA) is 99.8 Å². The van der Waals surface area contributed by atoms with Gasteiger partial charge in [-0.2, -0.15) is 0 Å². The van der Waals surface area contributed by atoms with Gasteiger partial charge in [0.15, 0.2) is 16.9 Å². The lowest BCUT2D eigenvalue weighted by atomic mass is 10.1. The number of rotatable bonds is 4. The fourth-order valence-electron chi connectivity index (χ4n) is 2.56.